The lowest BCUT2D eigenvalue weighted by molar-refractivity contribution is 0.133. The molecular formula is C8H14O5S2. The third-order valence-electron chi connectivity index (χ3n) is 1.50. The van der Waals surface area contributed by atoms with Crippen molar-refractivity contribution in [3.8, 4) is 0 Å². The predicted octanol–water partition coefficient (Wildman–Crippen LogP) is 0.116. The van der Waals surface area contributed by atoms with E-state index in [1.807, 2.05) is 0 Å². The number of hydrogen-bond acceptors (Lipinski definition) is 5. The second-order valence-electron chi connectivity index (χ2n) is 3.00. The van der Waals surface area contributed by atoms with Crippen LogP contribution in [0.1, 0.15) is 0 Å². The van der Waals surface area contributed by atoms with Crippen molar-refractivity contribution < 1.29 is 21.6 Å². The third-order valence-corrected chi connectivity index (χ3v) is 3.79. The lowest BCUT2D eigenvalue weighted by atomic mass is 10.6. The molecule has 0 aromatic carbocycles. The average molecular weight is 254 g/mol. The van der Waals surface area contributed by atoms with Crippen LogP contribution in [0.2, 0.25) is 0 Å². The molecule has 0 saturated heterocycles. The molecule has 0 spiro atoms. The van der Waals surface area contributed by atoms with E-state index in [-0.39, 0.29) is 0 Å². The molecule has 15 heavy (non-hydrogen) atoms. The first-order valence-electron chi connectivity index (χ1n) is 3.91. The largest absolute Gasteiger partial charge is 0.335 e. The van der Waals surface area contributed by atoms with Gasteiger partial charge in [-0.05, 0) is 12.2 Å². The zero-order valence-corrected chi connectivity index (χ0v) is 10.2. The van der Waals surface area contributed by atoms with E-state index in [0.717, 1.165) is 24.7 Å². The molecular weight excluding hydrogens is 240 g/mol. The number of rotatable bonds is 6. The van der Waals surface area contributed by atoms with Crippen LogP contribution >= 0.6 is 0 Å². The Morgan fingerprint density at radius 3 is 1.33 bits per heavy atom. The molecule has 0 aliphatic heterocycles. The molecule has 0 aliphatic rings. The summed E-state index contributed by atoms with van der Waals surface area (Å²) in [7, 11) is -7.07. The predicted molar refractivity (Wildman–Crippen MR) is 58.7 cm³/mol. The van der Waals surface area contributed by atoms with Gasteiger partial charge in [0.05, 0.1) is 0 Å². The molecule has 0 heterocycles. The van der Waals surface area contributed by atoms with E-state index in [4.69, 9.17) is 4.74 Å². The number of sulfone groups is 2. The Labute approximate surface area is 90.3 Å². The summed E-state index contributed by atoms with van der Waals surface area (Å²) in [4.78, 5) is 0. The quantitative estimate of drug-likeness (QED) is 0.629. The maximum Gasteiger partial charge on any atom is 0.178 e. The zero-order valence-electron chi connectivity index (χ0n) is 8.58. The van der Waals surface area contributed by atoms with Crippen LogP contribution in [0.15, 0.2) is 25.3 Å². The van der Waals surface area contributed by atoms with Crippen LogP contribution in [0.3, 0.4) is 0 Å². The number of ether oxygens (including phenoxy) is 1. The molecule has 0 saturated carbocycles. The SMILES string of the molecule is C=CC(OC(C=C)S(C)(=O)=O)S(C)(=O)=O. The fraction of sp³-hybridized carbons (Fsp3) is 0.500. The van der Waals surface area contributed by atoms with Crippen molar-refractivity contribution in [1.29, 1.82) is 0 Å². The molecule has 0 N–H and O–H groups in total. The van der Waals surface area contributed by atoms with Crippen LogP contribution in [0, 0.1) is 0 Å². The summed E-state index contributed by atoms with van der Waals surface area (Å²) in [5, 5.41) is 0. The Kier molecular flexibility index (Phi) is 4.69. The maximum absolute atomic E-state index is 11.1. The van der Waals surface area contributed by atoms with Crippen molar-refractivity contribution in [2.24, 2.45) is 0 Å². The van der Waals surface area contributed by atoms with E-state index < -0.39 is 30.5 Å². The van der Waals surface area contributed by atoms with Gasteiger partial charge in [0.1, 0.15) is 0 Å². The van der Waals surface area contributed by atoms with Crippen LogP contribution in [-0.2, 0) is 24.4 Å². The first kappa shape index (κ1) is 14.3. The Hall–Kier alpha value is -0.660. The number of hydrogen-bond donors (Lipinski definition) is 0. The molecule has 0 bridgehead atoms. The summed E-state index contributed by atoms with van der Waals surface area (Å²) >= 11 is 0. The first-order chi connectivity index (χ1) is 6.62. The molecule has 0 aromatic heterocycles. The van der Waals surface area contributed by atoms with Crippen LogP contribution in [-0.4, -0.2) is 40.2 Å². The van der Waals surface area contributed by atoms with Crippen LogP contribution in [0.25, 0.3) is 0 Å². The third kappa shape index (κ3) is 4.59. The highest BCUT2D eigenvalue weighted by Crippen LogP contribution is 2.11. The van der Waals surface area contributed by atoms with Gasteiger partial charge in [-0.3, -0.25) is 0 Å². The van der Waals surface area contributed by atoms with Crippen molar-refractivity contribution >= 4 is 19.7 Å². The van der Waals surface area contributed by atoms with E-state index in [9.17, 15) is 16.8 Å². The highest BCUT2D eigenvalue weighted by Gasteiger charge is 2.26. The van der Waals surface area contributed by atoms with E-state index in [1.54, 1.807) is 0 Å². The summed E-state index contributed by atoms with van der Waals surface area (Å²) in [5.74, 6) is 0. The summed E-state index contributed by atoms with van der Waals surface area (Å²) in [6.45, 7) is 6.53. The van der Waals surface area contributed by atoms with Crippen molar-refractivity contribution in [3.63, 3.8) is 0 Å². The van der Waals surface area contributed by atoms with Crippen LogP contribution in [0.4, 0.5) is 0 Å². The monoisotopic (exact) mass is 254 g/mol. The molecule has 2 unspecified atom stereocenters. The van der Waals surface area contributed by atoms with Gasteiger partial charge < -0.3 is 4.74 Å². The molecule has 0 amide bonds. The first-order valence-corrected chi connectivity index (χ1v) is 7.82. The Morgan fingerprint density at radius 2 is 1.20 bits per heavy atom. The van der Waals surface area contributed by atoms with Gasteiger partial charge in [0.15, 0.2) is 30.5 Å². The maximum atomic E-state index is 11.1. The minimum atomic E-state index is -3.53. The summed E-state index contributed by atoms with van der Waals surface area (Å²) in [6.07, 6.45) is 3.91. The Bertz CT molecular complexity index is 390. The lowest BCUT2D eigenvalue weighted by Gasteiger charge is -2.17. The highest BCUT2D eigenvalue weighted by atomic mass is 32.2. The molecule has 0 radical (unpaired) electrons. The molecule has 0 fully saturated rings. The van der Waals surface area contributed by atoms with E-state index in [1.165, 1.54) is 0 Å². The van der Waals surface area contributed by atoms with Crippen molar-refractivity contribution in [3.05, 3.63) is 25.3 Å². The summed E-state index contributed by atoms with van der Waals surface area (Å²) < 4.78 is 49.3. The highest BCUT2D eigenvalue weighted by molar-refractivity contribution is 7.92. The second kappa shape index (κ2) is 4.91. The molecule has 0 aliphatic carbocycles. The van der Waals surface area contributed by atoms with Gasteiger partial charge in [-0.25, -0.2) is 16.8 Å². The minimum absolute atomic E-state index is 0.932. The summed E-state index contributed by atoms with van der Waals surface area (Å²) in [5.41, 5.74) is -2.70. The van der Waals surface area contributed by atoms with E-state index in [0.29, 0.717) is 0 Å². The Balaban J connectivity index is 4.99. The van der Waals surface area contributed by atoms with Crippen molar-refractivity contribution in [2.45, 2.75) is 10.9 Å². The molecule has 0 rings (SSSR count). The van der Waals surface area contributed by atoms with Gasteiger partial charge in [0, 0.05) is 12.5 Å². The Morgan fingerprint density at radius 1 is 0.933 bits per heavy atom. The van der Waals surface area contributed by atoms with Gasteiger partial charge in [-0.1, -0.05) is 13.2 Å². The zero-order chi connectivity index (χ0) is 12.3. The van der Waals surface area contributed by atoms with Crippen LogP contribution in [0.5, 0.6) is 0 Å². The second-order valence-corrected chi connectivity index (χ2v) is 7.25. The molecule has 2 atom stereocenters. The lowest BCUT2D eigenvalue weighted by Crippen LogP contribution is -2.30. The van der Waals surface area contributed by atoms with Gasteiger partial charge in [0.2, 0.25) is 0 Å². The fourth-order valence-corrected chi connectivity index (χ4v) is 2.21. The smallest absolute Gasteiger partial charge is 0.178 e. The minimum Gasteiger partial charge on any atom is -0.335 e. The molecule has 88 valence electrons. The molecule has 7 heteroatoms. The van der Waals surface area contributed by atoms with Gasteiger partial charge >= 0.3 is 0 Å². The van der Waals surface area contributed by atoms with Gasteiger partial charge in [-0.15, -0.1) is 0 Å². The standard InChI is InChI=1S/C8H14O5S2/c1-5-7(14(3,9)10)13-8(6-2)15(4,11)12/h5-8H,1-2H2,3-4H3. The van der Waals surface area contributed by atoms with Crippen LogP contribution < -0.4 is 0 Å². The average Bonchev–Trinajstić information content (AvgIpc) is 2.01. The molecule has 5 nitrogen and oxygen atoms in total. The van der Waals surface area contributed by atoms with Gasteiger partial charge in [-0.2, -0.15) is 0 Å². The van der Waals surface area contributed by atoms with E-state index in [2.05, 4.69) is 13.2 Å². The van der Waals surface area contributed by atoms with Crippen molar-refractivity contribution in [1.82, 2.24) is 0 Å². The fourth-order valence-electron chi connectivity index (χ4n) is 0.795. The molecule has 0 aromatic rings. The van der Waals surface area contributed by atoms with Crippen molar-refractivity contribution in [2.75, 3.05) is 12.5 Å². The topological polar surface area (TPSA) is 77.5 Å². The normalized spacial score (nSPS) is 16.7. The van der Waals surface area contributed by atoms with Gasteiger partial charge in [0.25, 0.3) is 0 Å². The van der Waals surface area contributed by atoms with E-state index >= 15 is 0 Å². The summed E-state index contributed by atoms with van der Waals surface area (Å²) in [6, 6.07) is 0.